The lowest BCUT2D eigenvalue weighted by Gasteiger charge is -2.12. The Bertz CT molecular complexity index is 564. The number of hydrogen-bond donors (Lipinski definition) is 1. The maximum Gasteiger partial charge on any atom is 0.154 e. The van der Waals surface area contributed by atoms with Gasteiger partial charge in [0.15, 0.2) is 5.75 Å². The van der Waals surface area contributed by atoms with Crippen molar-refractivity contribution in [1.82, 2.24) is 0 Å². The summed E-state index contributed by atoms with van der Waals surface area (Å²) in [4.78, 5) is 0. The highest BCUT2D eigenvalue weighted by Crippen LogP contribution is 2.32. The van der Waals surface area contributed by atoms with E-state index in [0.29, 0.717) is 11.4 Å². The van der Waals surface area contributed by atoms with Gasteiger partial charge >= 0.3 is 0 Å². The normalized spacial score (nSPS) is 10.2. The van der Waals surface area contributed by atoms with Crippen molar-refractivity contribution in [3.05, 3.63) is 47.5 Å². The molecule has 2 N–H and O–H groups in total. The summed E-state index contributed by atoms with van der Waals surface area (Å²) in [6, 6.07) is 11.5. The van der Waals surface area contributed by atoms with Gasteiger partial charge < -0.3 is 15.2 Å². The molecule has 0 aliphatic carbocycles. The molecule has 0 aliphatic heterocycles. The zero-order chi connectivity index (χ0) is 13.1. The molecular weight excluding hydrogens is 226 g/mol. The van der Waals surface area contributed by atoms with E-state index >= 15 is 0 Å². The quantitative estimate of drug-likeness (QED) is 0.836. The lowest BCUT2D eigenvalue weighted by atomic mass is 10.1. The van der Waals surface area contributed by atoms with Crippen LogP contribution in [0.2, 0.25) is 0 Å². The van der Waals surface area contributed by atoms with Crippen LogP contribution in [0.5, 0.6) is 17.2 Å². The third-order valence-corrected chi connectivity index (χ3v) is 2.78. The second kappa shape index (κ2) is 5.00. The first-order valence-corrected chi connectivity index (χ1v) is 5.79. The highest BCUT2D eigenvalue weighted by molar-refractivity contribution is 5.57. The van der Waals surface area contributed by atoms with Gasteiger partial charge in [0.1, 0.15) is 11.5 Å². The molecule has 18 heavy (non-hydrogen) atoms. The van der Waals surface area contributed by atoms with Crippen molar-refractivity contribution >= 4 is 5.69 Å². The van der Waals surface area contributed by atoms with Crippen molar-refractivity contribution in [2.24, 2.45) is 0 Å². The van der Waals surface area contributed by atoms with Crippen molar-refractivity contribution in [3.8, 4) is 17.2 Å². The molecule has 0 aliphatic rings. The molecule has 2 aromatic carbocycles. The summed E-state index contributed by atoms with van der Waals surface area (Å²) in [5.41, 5.74) is 8.72. The lowest BCUT2D eigenvalue weighted by molar-refractivity contribution is 0.409. The van der Waals surface area contributed by atoms with Crippen LogP contribution in [0.4, 0.5) is 5.69 Å². The zero-order valence-electron chi connectivity index (χ0n) is 10.9. The fourth-order valence-corrected chi connectivity index (χ4v) is 1.67. The largest absolute Gasteiger partial charge is 0.497 e. The Labute approximate surface area is 107 Å². The molecule has 0 radical (unpaired) electrons. The molecule has 0 saturated heterocycles. The van der Waals surface area contributed by atoms with Crippen LogP contribution in [0, 0.1) is 13.8 Å². The average molecular weight is 243 g/mol. The van der Waals surface area contributed by atoms with Gasteiger partial charge in [-0.2, -0.15) is 0 Å². The van der Waals surface area contributed by atoms with Gasteiger partial charge in [-0.3, -0.25) is 0 Å². The van der Waals surface area contributed by atoms with E-state index in [1.807, 2.05) is 32.0 Å². The molecule has 0 atom stereocenters. The summed E-state index contributed by atoms with van der Waals surface area (Å²) in [7, 11) is 1.62. The lowest BCUT2D eigenvalue weighted by Crippen LogP contribution is -1.95. The maximum absolute atomic E-state index is 5.90. The summed E-state index contributed by atoms with van der Waals surface area (Å²) < 4.78 is 11.0. The molecule has 0 spiro atoms. The Morgan fingerprint density at radius 1 is 0.944 bits per heavy atom. The zero-order valence-corrected chi connectivity index (χ0v) is 10.9. The number of rotatable bonds is 3. The van der Waals surface area contributed by atoms with Gasteiger partial charge in [-0.05, 0) is 43.2 Å². The van der Waals surface area contributed by atoms with E-state index < -0.39 is 0 Å². The van der Waals surface area contributed by atoms with E-state index in [-0.39, 0.29) is 0 Å². The van der Waals surface area contributed by atoms with Crippen LogP contribution in [-0.4, -0.2) is 7.11 Å². The minimum Gasteiger partial charge on any atom is -0.497 e. The Morgan fingerprint density at radius 2 is 1.72 bits per heavy atom. The van der Waals surface area contributed by atoms with E-state index in [9.17, 15) is 0 Å². The number of nitrogen functional groups attached to an aromatic ring is 1. The predicted molar refractivity (Wildman–Crippen MR) is 73.4 cm³/mol. The SMILES string of the molecule is COc1ccc(N)c(Oc2cc(C)ccc2C)c1. The van der Waals surface area contributed by atoms with E-state index in [1.54, 1.807) is 19.2 Å². The van der Waals surface area contributed by atoms with Crippen molar-refractivity contribution in [2.45, 2.75) is 13.8 Å². The van der Waals surface area contributed by atoms with Gasteiger partial charge in [-0.15, -0.1) is 0 Å². The third-order valence-electron chi connectivity index (χ3n) is 2.78. The first-order chi connectivity index (χ1) is 8.60. The number of ether oxygens (including phenoxy) is 2. The Kier molecular flexibility index (Phi) is 3.42. The van der Waals surface area contributed by atoms with Crippen LogP contribution < -0.4 is 15.2 Å². The van der Waals surface area contributed by atoms with Gasteiger partial charge in [-0.25, -0.2) is 0 Å². The molecule has 3 nitrogen and oxygen atoms in total. The van der Waals surface area contributed by atoms with Crippen LogP contribution >= 0.6 is 0 Å². The molecule has 2 rings (SSSR count). The van der Waals surface area contributed by atoms with Crippen molar-refractivity contribution < 1.29 is 9.47 Å². The first kappa shape index (κ1) is 12.3. The fraction of sp³-hybridized carbons (Fsp3) is 0.200. The van der Waals surface area contributed by atoms with Crippen molar-refractivity contribution in [1.29, 1.82) is 0 Å². The topological polar surface area (TPSA) is 44.5 Å². The standard InChI is InChI=1S/C15H17NO2/c1-10-4-5-11(2)14(8-10)18-15-9-12(17-3)6-7-13(15)16/h4-9H,16H2,1-3H3. The Hall–Kier alpha value is -2.16. The van der Waals surface area contributed by atoms with E-state index in [2.05, 4.69) is 6.07 Å². The fourth-order valence-electron chi connectivity index (χ4n) is 1.67. The number of anilines is 1. The highest BCUT2D eigenvalue weighted by atomic mass is 16.5. The molecule has 0 unspecified atom stereocenters. The van der Waals surface area contributed by atoms with E-state index in [4.69, 9.17) is 15.2 Å². The first-order valence-electron chi connectivity index (χ1n) is 5.79. The minimum absolute atomic E-state index is 0.594. The smallest absolute Gasteiger partial charge is 0.154 e. The van der Waals surface area contributed by atoms with Crippen molar-refractivity contribution in [3.63, 3.8) is 0 Å². The number of hydrogen-bond acceptors (Lipinski definition) is 3. The third kappa shape index (κ3) is 2.56. The number of methoxy groups -OCH3 is 1. The number of nitrogens with two attached hydrogens (primary N) is 1. The molecule has 0 saturated carbocycles. The summed E-state index contributed by atoms with van der Waals surface area (Å²) in [5.74, 6) is 2.16. The second-order valence-corrected chi connectivity index (χ2v) is 4.27. The van der Waals surface area contributed by atoms with Crippen LogP contribution in [-0.2, 0) is 0 Å². The minimum atomic E-state index is 0.594. The molecule has 0 bridgehead atoms. The van der Waals surface area contributed by atoms with Gasteiger partial charge in [0.05, 0.1) is 12.8 Å². The summed E-state index contributed by atoms with van der Waals surface area (Å²) >= 11 is 0. The summed E-state index contributed by atoms with van der Waals surface area (Å²) in [5, 5.41) is 0. The Morgan fingerprint density at radius 3 is 2.44 bits per heavy atom. The van der Waals surface area contributed by atoms with Crippen LogP contribution in [0.15, 0.2) is 36.4 Å². The van der Waals surface area contributed by atoms with Gasteiger partial charge in [0.25, 0.3) is 0 Å². The molecule has 94 valence electrons. The molecule has 0 amide bonds. The van der Waals surface area contributed by atoms with Crippen LogP contribution in [0.1, 0.15) is 11.1 Å². The molecule has 0 heterocycles. The number of aryl methyl sites for hydroxylation is 2. The molecule has 0 aromatic heterocycles. The highest BCUT2D eigenvalue weighted by Gasteiger charge is 2.06. The molecule has 0 fully saturated rings. The number of benzene rings is 2. The van der Waals surface area contributed by atoms with Crippen LogP contribution in [0.3, 0.4) is 0 Å². The van der Waals surface area contributed by atoms with Crippen LogP contribution in [0.25, 0.3) is 0 Å². The molecular formula is C15H17NO2. The predicted octanol–water partition coefficient (Wildman–Crippen LogP) is 3.69. The van der Waals surface area contributed by atoms with E-state index in [0.717, 1.165) is 22.6 Å². The summed E-state index contributed by atoms with van der Waals surface area (Å²) in [6.45, 7) is 4.03. The van der Waals surface area contributed by atoms with E-state index in [1.165, 1.54) is 0 Å². The maximum atomic E-state index is 5.90. The monoisotopic (exact) mass is 243 g/mol. The van der Waals surface area contributed by atoms with Crippen molar-refractivity contribution in [2.75, 3.05) is 12.8 Å². The van der Waals surface area contributed by atoms with Gasteiger partial charge in [0.2, 0.25) is 0 Å². The Balaban J connectivity index is 2.36. The van der Waals surface area contributed by atoms with Gasteiger partial charge in [-0.1, -0.05) is 12.1 Å². The average Bonchev–Trinajstić information content (AvgIpc) is 2.36. The summed E-state index contributed by atoms with van der Waals surface area (Å²) in [6.07, 6.45) is 0. The molecule has 3 heteroatoms. The second-order valence-electron chi connectivity index (χ2n) is 4.27. The van der Waals surface area contributed by atoms with Gasteiger partial charge in [0, 0.05) is 6.07 Å². The molecule has 2 aromatic rings.